The summed E-state index contributed by atoms with van der Waals surface area (Å²) in [5, 5.41) is 0. The Hall–Kier alpha value is -0.990. The first kappa shape index (κ1) is 52.0. The molecule has 0 aromatic carbocycles. The molecule has 0 aromatic heterocycles. The van der Waals surface area contributed by atoms with Gasteiger partial charge in [0.05, 0.1) is 27.7 Å². The lowest BCUT2D eigenvalue weighted by atomic mass is 10.0. The van der Waals surface area contributed by atoms with Crippen LogP contribution in [0.15, 0.2) is 0 Å². The maximum absolute atomic E-state index is 12.7. The van der Waals surface area contributed by atoms with E-state index in [0.29, 0.717) is 17.4 Å². The summed E-state index contributed by atoms with van der Waals surface area (Å²) in [5.41, 5.74) is 0. The Labute approximate surface area is 327 Å². The van der Waals surface area contributed by atoms with E-state index in [1.165, 1.54) is 148 Å². The summed E-state index contributed by atoms with van der Waals surface area (Å²) in [5.74, 6) is -0.784. The van der Waals surface area contributed by atoms with Gasteiger partial charge in [0.15, 0.2) is 6.10 Å². The average Bonchev–Trinajstić information content (AvgIpc) is 3.10. The van der Waals surface area contributed by atoms with Crippen molar-refractivity contribution in [3.05, 3.63) is 0 Å². The van der Waals surface area contributed by atoms with E-state index >= 15 is 0 Å². The van der Waals surface area contributed by atoms with E-state index in [4.69, 9.17) is 18.5 Å². The summed E-state index contributed by atoms with van der Waals surface area (Å²) in [6.07, 6.45) is 35.7. The average molecular weight is 777 g/mol. The zero-order chi connectivity index (χ0) is 39.3. The van der Waals surface area contributed by atoms with Gasteiger partial charge in [0.25, 0.3) is 0 Å². The van der Waals surface area contributed by atoms with Gasteiger partial charge >= 0.3 is 19.8 Å². The van der Waals surface area contributed by atoms with E-state index in [-0.39, 0.29) is 25.6 Å². The van der Waals surface area contributed by atoms with Gasteiger partial charge < -0.3 is 18.9 Å². The summed E-state index contributed by atoms with van der Waals surface area (Å²) in [6.45, 7) is 4.46. The normalized spacial score (nSPS) is 13.5. The molecular formula is C43H87NO8P+. The Balaban J connectivity index is 4.31. The first-order chi connectivity index (χ1) is 25.5. The molecule has 1 unspecified atom stereocenters. The van der Waals surface area contributed by atoms with Crippen LogP contribution < -0.4 is 0 Å². The van der Waals surface area contributed by atoms with Crippen LogP contribution in [0, 0.1) is 0 Å². The number of phosphoric acid groups is 1. The predicted molar refractivity (Wildman–Crippen MR) is 220 cm³/mol. The van der Waals surface area contributed by atoms with Crippen LogP contribution in [-0.4, -0.2) is 74.9 Å². The minimum Gasteiger partial charge on any atom is -0.462 e. The number of hydrogen-bond acceptors (Lipinski definition) is 7. The Bertz CT molecular complexity index is 881. The van der Waals surface area contributed by atoms with Crippen LogP contribution in [0.1, 0.15) is 213 Å². The third-order valence-electron chi connectivity index (χ3n) is 9.89. The molecule has 0 saturated carbocycles. The first-order valence-corrected chi connectivity index (χ1v) is 23.8. The smallest absolute Gasteiger partial charge is 0.462 e. The topological polar surface area (TPSA) is 108 Å². The van der Waals surface area contributed by atoms with Crippen molar-refractivity contribution in [2.24, 2.45) is 0 Å². The zero-order valence-electron chi connectivity index (χ0n) is 35.5. The third-order valence-corrected chi connectivity index (χ3v) is 10.9. The molecule has 316 valence electrons. The van der Waals surface area contributed by atoms with E-state index in [1.807, 2.05) is 21.1 Å². The number of likely N-dealkylation sites (N-methyl/N-ethyl adjacent to an activating group) is 1. The Morgan fingerprint density at radius 2 is 0.849 bits per heavy atom. The fraction of sp³-hybridized carbons (Fsp3) is 0.953. The Morgan fingerprint density at radius 3 is 1.21 bits per heavy atom. The maximum atomic E-state index is 12.7. The SMILES string of the molecule is CCCCCCCCCCCCCCCCCC(=O)OC[C@H](COP(=O)(O)OCC[N+](C)(C)C)OC(=O)CCCCCCCCCCCCCCCC. The van der Waals surface area contributed by atoms with Gasteiger partial charge in [0.1, 0.15) is 19.8 Å². The highest BCUT2D eigenvalue weighted by Gasteiger charge is 2.27. The van der Waals surface area contributed by atoms with E-state index in [1.54, 1.807) is 0 Å². The Kier molecular flexibility index (Phi) is 36.0. The van der Waals surface area contributed by atoms with Crippen molar-refractivity contribution in [2.75, 3.05) is 47.5 Å². The molecule has 0 spiro atoms. The molecule has 0 amide bonds. The molecule has 0 aliphatic carbocycles. The quantitative estimate of drug-likeness (QED) is 0.0283. The number of hydrogen-bond donors (Lipinski definition) is 1. The minimum absolute atomic E-state index is 0.0368. The molecule has 2 atom stereocenters. The fourth-order valence-electron chi connectivity index (χ4n) is 6.37. The van der Waals surface area contributed by atoms with Gasteiger partial charge in [0, 0.05) is 12.8 Å². The van der Waals surface area contributed by atoms with Crippen molar-refractivity contribution in [3.63, 3.8) is 0 Å². The molecule has 0 aliphatic rings. The predicted octanol–water partition coefficient (Wildman–Crippen LogP) is 12.4. The highest BCUT2D eigenvalue weighted by Crippen LogP contribution is 2.43. The van der Waals surface area contributed by atoms with Gasteiger partial charge in [0.2, 0.25) is 0 Å². The number of carbonyl (C=O) groups excluding carboxylic acids is 2. The summed E-state index contributed by atoms with van der Waals surface area (Å²) in [6, 6.07) is 0. The standard InChI is InChI=1S/C43H86NO8P/c1-6-8-10-12-14-16-18-20-22-24-25-27-29-31-33-35-42(45)49-39-41(40-51-53(47,48)50-38-37-44(3,4)5)52-43(46)36-34-32-30-28-26-23-21-19-17-15-13-11-9-7-2/h41H,6-40H2,1-5H3/p+1/t41-/m1/s1. The molecule has 0 saturated heterocycles. The number of unbranched alkanes of at least 4 members (excludes halogenated alkanes) is 27. The van der Waals surface area contributed by atoms with Gasteiger partial charge in [-0.15, -0.1) is 0 Å². The fourth-order valence-corrected chi connectivity index (χ4v) is 7.11. The molecule has 1 N–H and O–H groups in total. The van der Waals surface area contributed by atoms with E-state index in [9.17, 15) is 19.0 Å². The lowest BCUT2D eigenvalue weighted by Crippen LogP contribution is -2.37. The van der Waals surface area contributed by atoms with Crippen molar-refractivity contribution < 1.29 is 42.1 Å². The van der Waals surface area contributed by atoms with Gasteiger partial charge in [-0.2, -0.15) is 0 Å². The molecule has 0 aliphatic heterocycles. The van der Waals surface area contributed by atoms with Crippen molar-refractivity contribution in [2.45, 2.75) is 219 Å². The number of carbonyl (C=O) groups is 2. The molecule has 0 bridgehead atoms. The summed E-state index contributed by atoms with van der Waals surface area (Å²) < 4.78 is 34.3. The number of ether oxygens (including phenoxy) is 2. The van der Waals surface area contributed by atoms with Crippen molar-refractivity contribution in [1.29, 1.82) is 0 Å². The molecule has 9 nitrogen and oxygen atoms in total. The van der Waals surface area contributed by atoms with Crippen LogP contribution in [0.2, 0.25) is 0 Å². The number of nitrogens with zero attached hydrogens (tertiary/aromatic N) is 1. The van der Waals surface area contributed by atoms with E-state index < -0.39 is 26.5 Å². The van der Waals surface area contributed by atoms with Crippen molar-refractivity contribution in [3.8, 4) is 0 Å². The summed E-state index contributed by atoms with van der Waals surface area (Å²) in [4.78, 5) is 35.3. The molecule has 0 radical (unpaired) electrons. The largest absolute Gasteiger partial charge is 0.472 e. The first-order valence-electron chi connectivity index (χ1n) is 22.3. The zero-order valence-corrected chi connectivity index (χ0v) is 36.4. The number of quaternary nitrogens is 1. The van der Waals surface area contributed by atoms with Gasteiger partial charge in [-0.3, -0.25) is 18.6 Å². The molecule has 0 fully saturated rings. The second kappa shape index (κ2) is 36.6. The Morgan fingerprint density at radius 1 is 0.509 bits per heavy atom. The molecule has 0 rings (SSSR count). The number of esters is 2. The van der Waals surface area contributed by atoms with Crippen molar-refractivity contribution >= 4 is 19.8 Å². The number of rotatable bonds is 41. The highest BCUT2D eigenvalue weighted by molar-refractivity contribution is 7.47. The maximum Gasteiger partial charge on any atom is 0.472 e. The second-order valence-electron chi connectivity index (χ2n) is 16.5. The summed E-state index contributed by atoms with van der Waals surface area (Å²) in [7, 11) is 1.49. The molecular weight excluding hydrogens is 689 g/mol. The van der Waals surface area contributed by atoms with Gasteiger partial charge in [-0.25, -0.2) is 4.57 Å². The highest BCUT2D eigenvalue weighted by atomic mass is 31.2. The van der Waals surface area contributed by atoms with Crippen LogP contribution in [0.3, 0.4) is 0 Å². The monoisotopic (exact) mass is 777 g/mol. The molecule has 53 heavy (non-hydrogen) atoms. The second-order valence-corrected chi connectivity index (χ2v) is 17.9. The van der Waals surface area contributed by atoms with Crippen LogP contribution in [0.25, 0.3) is 0 Å². The van der Waals surface area contributed by atoms with Crippen molar-refractivity contribution in [1.82, 2.24) is 0 Å². The lowest BCUT2D eigenvalue weighted by molar-refractivity contribution is -0.870. The number of phosphoric ester groups is 1. The van der Waals surface area contributed by atoms with E-state index in [2.05, 4.69) is 13.8 Å². The van der Waals surface area contributed by atoms with Crippen LogP contribution >= 0.6 is 7.82 Å². The third kappa shape index (κ3) is 40.5. The molecule has 0 heterocycles. The summed E-state index contributed by atoms with van der Waals surface area (Å²) >= 11 is 0. The van der Waals surface area contributed by atoms with Crippen LogP contribution in [0.5, 0.6) is 0 Å². The van der Waals surface area contributed by atoms with Gasteiger partial charge in [-0.1, -0.05) is 187 Å². The van der Waals surface area contributed by atoms with Gasteiger partial charge in [-0.05, 0) is 12.8 Å². The minimum atomic E-state index is -4.36. The van der Waals surface area contributed by atoms with Crippen LogP contribution in [-0.2, 0) is 32.7 Å². The molecule has 10 heteroatoms. The molecule has 0 aromatic rings. The lowest BCUT2D eigenvalue weighted by Gasteiger charge is -2.24. The van der Waals surface area contributed by atoms with E-state index in [0.717, 1.165) is 38.5 Å². The van der Waals surface area contributed by atoms with Crippen LogP contribution in [0.4, 0.5) is 0 Å².